The highest BCUT2D eigenvalue weighted by molar-refractivity contribution is 5.95. The van der Waals surface area contributed by atoms with E-state index >= 15 is 0 Å². The summed E-state index contributed by atoms with van der Waals surface area (Å²) < 4.78 is 13.8. The first-order valence-corrected chi connectivity index (χ1v) is 6.60. The van der Waals surface area contributed by atoms with Crippen molar-refractivity contribution >= 4 is 17.5 Å². The average molecular weight is 279 g/mol. The topological polar surface area (TPSA) is 84.2 Å². The third-order valence-electron chi connectivity index (χ3n) is 3.10. The molecular formula is C14H18FN3O2. The monoisotopic (exact) mass is 279 g/mol. The number of hydrogen-bond acceptors (Lipinski definition) is 3. The Labute approximate surface area is 116 Å². The molecular weight excluding hydrogens is 261 g/mol. The normalized spacial score (nSPS) is 13.9. The van der Waals surface area contributed by atoms with Crippen LogP contribution in [0.15, 0.2) is 12.1 Å². The maximum absolute atomic E-state index is 13.8. The molecule has 0 aliphatic heterocycles. The summed E-state index contributed by atoms with van der Waals surface area (Å²) in [6.07, 6.45) is 2.23. The number of carbonyl (C=O) groups excluding carboxylic acids is 2. The highest BCUT2D eigenvalue weighted by Crippen LogP contribution is 2.18. The van der Waals surface area contributed by atoms with Gasteiger partial charge in [0, 0.05) is 24.7 Å². The number of nitrogens with two attached hydrogens (primary N) is 1. The molecule has 1 aromatic carbocycles. The average Bonchev–Trinajstić information content (AvgIpc) is 3.17. The van der Waals surface area contributed by atoms with Crippen molar-refractivity contribution in [3.63, 3.8) is 0 Å². The molecule has 0 saturated heterocycles. The highest BCUT2D eigenvalue weighted by Gasteiger charge is 2.23. The molecule has 1 saturated carbocycles. The number of nitrogens with one attached hydrogen (secondary N) is 2. The number of rotatable bonds is 5. The Kier molecular flexibility index (Phi) is 4.22. The van der Waals surface area contributed by atoms with Crippen LogP contribution in [0.25, 0.3) is 0 Å². The molecule has 1 fully saturated rings. The van der Waals surface area contributed by atoms with Crippen LogP contribution in [0.5, 0.6) is 0 Å². The van der Waals surface area contributed by atoms with Gasteiger partial charge >= 0.3 is 0 Å². The first kappa shape index (κ1) is 14.3. The fourth-order valence-electron chi connectivity index (χ4n) is 1.87. The number of carbonyl (C=O) groups is 2. The second-order valence-corrected chi connectivity index (χ2v) is 5.05. The maximum atomic E-state index is 13.8. The molecule has 4 N–H and O–H groups in total. The van der Waals surface area contributed by atoms with Crippen LogP contribution in [-0.4, -0.2) is 24.4 Å². The molecule has 0 unspecified atom stereocenters. The second kappa shape index (κ2) is 5.90. The van der Waals surface area contributed by atoms with Crippen molar-refractivity contribution in [1.82, 2.24) is 10.6 Å². The van der Waals surface area contributed by atoms with Crippen molar-refractivity contribution in [1.29, 1.82) is 0 Å². The van der Waals surface area contributed by atoms with E-state index in [9.17, 15) is 14.0 Å². The summed E-state index contributed by atoms with van der Waals surface area (Å²) in [5, 5.41) is 5.34. The van der Waals surface area contributed by atoms with Gasteiger partial charge in [-0.05, 0) is 37.5 Å². The Bertz CT molecular complexity index is 541. The lowest BCUT2D eigenvalue weighted by Gasteiger charge is -2.09. The van der Waals surface area contributed by atoms with Crippen molar-refractivity contribution in [3.05, 3.63) is 29.1 Å². The zero-order chi connectivity index (χ0) is 14.7. The van der Waals surface area contributed by atoms with Crippen molar-refractivity contribution < 1.29 is 14.0 Å². The van der Waals surface area contributed by atoms with Crippen LogP contribution >= 0.6 is 0 Å². The molecule has 1 aliphatic rings. The fraction of sp³-hybridized carbons (Fsp3) is 0.429. The first-order valence-electron chi connectivity index (χ1n) is 6.60. The second-order valence-electron chi connectivity index (χ2n) is 5.05. The minimum Gasteiger partial charge on any atom is -0.399 e. The van der Waals surface area contributed by atoms with Gasteiger partial charge in [-0.1, -0.05) is 0 Å². The van der Waals surface area contributed by atoms with E-state index in [4.69, 9.17) is 5.73 Å². The van der Waals surface area contributed by atoms with Crippen molar-refractivity contribution in [3.8, 4) is 0 Å². The molecule has 0 bridgehead atoms. The van der Waals surface area contributed by atoms with E-state index in [0.717, 1.165) is 12.8 Å². The van der Waals surface area contributed by atoms with Gasteiger partial charge in [-0.3, -0.25) is 9.59 Å². The minimum atomic E-state index is -0.584. The van der Waals surface area contributed by atoms with Gasteiger partial charge in [0.05, 0.1) is 5.56 Å². The summed E-state index contributed by atoms with van der Waals surface area (Å²) in [5.74, 6) is -1.24. The zero-order valence-corrected chi connectivity index (χ0v) is 11.3. The van der Waals surface area contributed by atoms with Gasteiger partial charge in [-0.25, -0.2) is 4.39 Å². The molecule has 0 atom stereocenters. The summed E-state index contributed by atoms with van der Waals surface area (Å²) in [5.41, 5.74) is 6.16. The van der Waals surface area contributed by atoms with E-state index in [-0.39, 0.29) is 24.4 Å². The highest BCUT2D eigenvalue weighted by atomic mass is 19.1. The van der Waals surface area contributed by atoms with Crippen LogP contribution in [-0.2, 0) is 4.79 Å². The van der Waals surface area contributed by atoms with Crippen LogP contribution in [0.4, 0.5) is 10.1 Å². The van der Waals surface area contributed by atoms with Gasteiger partial charge < -0.3 is 16.4 Å². The van der Waals surface area contributed by atoms with Crippen LogP contribution in [0.2, 0.25) is 0 Å². The minimum absolute atomic E-state index is 0.0925. The molecule has 0 heterocycles. The third-order valence-corrected chi connectivity index (χ3v) is 3.10. The molecule has 0 spiro atoms. The standard InChI is InChI=1S/C14H18FN3O2/c1-8-6-9(16)7-11(13(8)15)14(20)17-5-4-12(19)18-10-2-3-10/h6-7,10H,2-5,16H2,1H3,(H,17,20)(H,18,19). The van der Waals surface area contributed by atoms with E-state index in [1.807, 2.05) is 0 Å². The summed E-state index contributed by atoms with van der Waals surface area (Å²) in [6.45, 7) is 1.72. The van der Waals surface area contributed by atoms with Crippen LogP contribution in [0.3, 0.4) is 0 Å². The number of amides is 2. The molecule has 6 heteroatoms. The zero-order valence-electron chi connectivity index (χ0n) is 11.3. The van der Waals surface area contributed by atoms with Gasteiger partial charge in [-0.15, -0.1) is 0 Å². The number of benzene rings is 1. The van der Waals surface area contributed by atoms with Gasteiger partial charge in [0.1, 0.15) is 5.82 Å². The summed E-state index contributed by atoms with van der Waals surface area (Å²) in [7, 11) is 0. The van der Waals surface area contributed by atoms with Gasteiger partial charge in [0.15, 0.2) is 0 Å². The summed E-state index contributed by atoms with van der Waals surface area (Å²) in [4.78, 5) is 23.3. The first-order chi connectivity index (χ1) is 9.47. The van der Waals surface area contributed by atoms with Crippen molar-refractivity contribution in [2.45, 2.75) is 32.2 Å². The Morgan fingerprint density at radius 1 is 1.40 bits per heavy atom. The smallest absolute Gasteiger partial charge is 0.254 e. The third kappa shape index (κ3) is 3.69. The predicted molar refractivity (Wildman–Crippen MR) is 73.7 cm³/mol. The Balaban J connectivity index is 1.86. The van der Waals surface area contributed by atoms with Gasteiger partial charge in [0.2, 0.25) is 5.91 Å². The van der Waals surface area contributed by atoms with E-state index in [1.54, 1.807) is 6.92 Å². The van der Waals surface area contributed by atoms with Crippen LogP contribution in [0.1, 0.15) is 35.2 Å². The molecule has 2 rings (SSSR count). The fourth-order valence-corrected chi connectivity index (χ4v) is 1.87. The van der Waals surface area contributed by atoms with Gasteiger partial charge in [-0.2, -0.15) is 0 Å². The quantitative estimate of drug-likeness (QED) is 0.706. The van der Waals surface area contributed by atoms with E-state index in [1.165, 1.54) is 12.1 Å². The van der Waals surface area contributed by atoms with Crippen molar-refractivity contribution in [2.75, 3.05) is 12.3 Å². The summed E-state index contributed by atoms with van der Waals surface area (Å²) in [6, 6.07) is 3.06. The molecule has 5 nitrogen and oxygen atoms in total. The Hall–Kier alpha value is -2.11. The largest absolute Gasteiger partial charge is 0.399 e. The number of hydrogen-bond donors (Lipinski definition) is 3. The van der Waals surface area contributed by atoms with E-state index in [0.29, 0.717) is 17.3 Å². The number of halogens is 1. The SMILES string of the molecule is Cc1cc(N)cc(C(=O)NCCC(=O)NC2CC2)c1F. The molecule has 2 amide bonds. The van der Waals surface area contributed by atoms with Crippen LogP contribution in [0, 0.1) is 12.7 Å². The predicted octanol–water partition coefficient (Wildman–Crippen LogP) is 1.11. The lowest BCUT2D eigenvalue weighted by molar-refractivity contribution is -0.121. The molecule has 1 aliphatic carbocycles. The molecule has 0 radical (unpaired) electrons. The molecule has 20 heavy (non-hydrogen) atoms. The number of nitrogen functional groups attached to an aromatic ring is 1. The molecule has 0 aromatic heterocycles. The van der Waals surface area contributed by atoms with Gasteiger partial charge in [0.25, 0.3) is 5.91 Å². The molecule has 108 valence electrons. The number of anilines is 1. The Morgan fingerprint density at radius 3 is 2.75 bits per heavy atom. The van der Waals surface area contributed by atoms with Crippen molar-refractivity contribution in [2.24, 2.45) is 0 Å². The lowest BCUT2D eigenvalue weighted by Crippen LogP contribution is -2.32. The Morgan fingerprint density at radius 2 is 2.10 bits per heavy atom. The summed E-state index contributed by atoms with van der Waals surface area (Å²) >= 11 is 0. The lowest BCUT2D eigenvalue weighted by atomic mass is 10.1. The maximum Gasteiger partial charge on any atom is 0.254 e. The van der Waals surface area contributed by atoms with Crippen LogP contribution < -0.4 is 16.4 Å². The van der Waals surface area contributed by atoms with E-state index < -0.39 is 11.7 Å². The number of aryl methyl sites for hydroxylation is 1. The van der Waals surface area contributed by atoms with E-state index in [2.05, 4.69) is 10.6 Å². The molecule has 1 aromatic rings.